The SMILES string of the molecule is COC(=O)CC1CN(C(=O)N(C)CC(=O)O)CCO1. The van der Waals surface area contributed by atoms with E-state index in [2.05, 4.69) is 4.74 Å². The number of amides is 2. The van der Waals surface area contributed by atoms with Crippen molar-refractivity contribution in [1.82, 2.24) is 9.80 Å². The molecule has 1 aliphatic rings. The minimum absolute atomic E-state index is 0.0723. The van der Waals surface area contributed by atoms with Crippen LogP contribution in [0.1, 0.15) is 6.42 Å². The maximum Gasteiger partial charge on any atom is 0.323 e. The first-order valence-corrected chi connectivity index (χ1v) is 5.84. The molecule has 1 N–H and O–H groups in total. The van der Waals surface area contributed by atoms with Crippen LogP contribution in [0.25, 0.3) is 0 Å². The van der Waals surface area contributed by atoms with Crippen molar-refractivity contribution in [2.75, 3.05) is 40.4 Å². The van der Waals surface area contributed by atoms with Crippen LogP contribution < -0.4 is 0 Å². The first-order chi connectivity index (χ1) is 8.93. The molecule has 0 aromatic rings. The molecule has 8 nitrogen and oxygen atoms in total. The number of esters is 1. The molecule has 1 atom stereocenters. The van der Waals surface area contributed by atoms with Crippen molar-refractivity contribution in [1.29, 1.82) is 0 Å². The van der Waals surface area contributed by atoms with Crippen LogP contribution >= 0.6 is 0 Å². The summed E-state index contributed by atoms with van der Waals surface area (Å²) in [7, 11) is 2.70. The van der Waals surface area contributed by atoms with Crippen LogP contribution in [0, 0.1) is 0 Å². The van der Waals surface area contributed by atoms with Crippen molar-refractivity contribution in [2.45, 2.75) is 12.5 Å². The van der Waals surface area contributed by atoms with Gasteiger partial charge < -0.3 is 24.4 Å². The van der Waals surface area contributed by atoms with Crippen molar-refractivity contribution in [3.8, 4) is 0 Å². The standard InChI is InChI=1S/C11H18N2O6/c1-12(7-9(14)15)11(17)13-3-4-19-8(6-13)5-10(16)18-2/h8H,3-7H2,1-2H3,(H,14,15). The summed E-state index contributed by atoms with van der Waals surface area (Å²) in [6.45, 7) is 0.574. The predicted octanol–water partition coefficient (Wildman–Crippen LogP) is -0.613. The third kappa shape index (κ3) is 4.74. The van der Waals surface area contributed by atoms with Gasteiger partial charge in [0.1, 0.15) is 6.54 Å². The quantitative estimate of drug-likeness (QED) is 0.687. The maximum absolute atomic E-state index is 12.0. The van der Waals surface area contributed by atoms with Gasteiger partial charge in [0.25, 0.3) is 0 Å². The number of methoxy groups -OCH3 is 1. The minimum atomic E-state index is -1.07. The lowest BCUT2D eigenvalue weighted by atomic mass is 10.2. The van der Waals surface area contributed by atoms with Crippen LogP contribution in [0.2, 0.25) is 0 Å². The number of morpholine rings is 1. The molecular weight excluding hydrogens is 256 g/mol. The number of likely N-dealkylation sites (N-methyl/N-ethyl adjacent to an activating group) is 1. The number of urea groups is 1. The van der Waals surface area contributed by atoms with Gasteiger partial charge in [-0.15, -0.1) is 0 Å². The van der Waals surface area contributed by atoms with E-state index in [9.17, 15) is 14.4 Å². The van der Waals surface area contributed by atoms with Gasteiger partial charge in [-0.05, 0) is 0 Å². The fourth-order valence-corrected chi connectivity index (χ4v) is 1.80. The average molecular weight is 274 g/mol. The second-order valence-corrected chi connectivity index (χ2v) is 4.25. The largest absolute Gasteiger partial charge is 0.480 e. The Labute approximate surface area is 110 Å². The number of aliphatic carboxylic acids is 1. The molecule has 0 aromatic heterocycles. The molecule has 1 heterocycles. The second-order valence-electron chi connectivity index (χ2n) is 4.25. The van der Waals surface area contributed by atoms with E-state index >= 15 is 0 Å². The van der Waals surface area contributed by atoms with Gasteiger partial charge in [0.15, 0.2) is 0 Å². The lowest BCUT2D eigenvalue weighted by Gasteiger charge is -2.34. The molecule has 0 aromatic carbocycles. The van der Waals surface area contributed by atoms with Crippen molar-refractivity contribution < 1.29 is 29.0 Å². The average Bonchev–Trinajstić information content (AvgIpc) is 2.37. The molecule has 108 valence electrons. The molecule has 1 unspecified atom stereocenters. The van der Waals surface area contributed by atoms with Crippen LogP contribution in [0.15, 0.2) is 0 Å². The number of ether oxygens (including phenoxy) is 2. The van der Waals surface area contributed by atoms with E-state index in [4.69, 9.17) is 9.84 Å². The molecule has 1 aliphatic heterocycles. The fourth-order valence-electron chi connectivity index (χ4n) is 1.80. The van der Waals surface area contributed by atoms with Crippen LogP contribution in [0.4, 0.5) is 4.79 Å². The van der Waals surface area contributed by atoms with Gasteiger partial charge in [0.05, 0.1) is 26.2 Å². The number of carbonyl (C=O) groups excluding carboxylic acids is 2. The zero-order valence-corrected chi connectivity index (χ0v) is 11.0. The molecular formula is C11H18N2O6. The van der Waals surface area contributed by atoms with Crippen molar-refractivity contribution in [3.63, 3.8) is 0 Å². The Kier molecular flexibility index (Phi) is 5.56. The van der Waals surface area contributed by atoms with Gasteiger partial charge in [-0.25, -0.2) is 4.79 Å². The van der Waals surface area contributed by atoms with Crippen LogP contribution in [0.5, 0.6) is 0 Å². The van der Waals surface area contributed by atoms with Crippen LogP contribution in [0.3, 0.4) is 0 Å². The Morgan fingerprint density at radius 2 is 2.16 bits per heavy atom. The van der Waals surface area contributed by atoms with Gasteiger partial charge in [0.2, 0.25) is 0 Å². The molecule has 0 aliphatic carbocycles. The molecule has 2 amide bonds. The normalized spacial score (nSPS) is 18.8. The van der Waals surface area contributed by atoms with Crippen molar-refractivity contribution in [2.24, 2.45) is 0 Å². The highest BCUT2D eigenvalue weighted by Gasteiger charge is 2.28. The van der Waals surface area contributed by atoms with E-state index in [0.717, 1.165) is 4.90 Å². The topological polar surface area (TPSA) is 96.4 Å². The molecule has 0 spiro atoms. The van der Waals surface area contributed by atoms with E-state index in [1.54, 1.807) is 0 Å². The number of hydrogen-bond donors (Lipinski definition) is 1. The van der Waals surface area contributed by atoms with Crippen LogP contribution in [-0.4, -0.2) is 79.4 Å². The van der Waals surface area contributed by atoms with Gasteiger partial charge >= 0.3 is 18.0 Å². The Bertz CT molecular complexity index is 359. The smallest absolute Gasteiger partial charge is 0.323 e. The molecule has 0 bridgehead atoms. The molecule has 1 saturated heterocycles. The summed E-state index contributed by atoms with van der Waals surface area (Å²) in [5.74, 6) is -1.48. The molecule has 0 radical (unpaired) electrons. The van der Waals surface area contributed by atoms with Gasteiger partial charge in [-0.1, -0.05) is 0 Å². The second kappa shape index (κ2) is 6.93. The van der Waals surface area contributed by atoms with E-state index in [0.29, 0.717) is 13.2 Å². The highest BCUT2D eigenvalue weighted by Crippen LogP contribution is 2.11. The van der Waals surface area contributed by atoms with Gasteiger partial charge in [0, 0.05) is 20.1 Å². The summed E-state index contributed by atoms with van der Waals surface area (Å²) >= 11 is 0. The zero-order chi connectivity index (χ0) is 14.4. The van der Waals surface area contributed by atoms with E-state index in [-0.39, 0.29) is 25.5 Å². The Morgan fingerprint density at radius 3 is 2.74 bits per heavy atom. The molecule has 1 fully saturated rings. The summed E-state index contributed by atoms with van der Waals surface area (Å²) in [4.78, 5) is 36.2. The summed E-state index contributed by atoms with van der Waals surface area (Å²) in [5, 5.41) is 8.64. The van der Waals surface area contributed by atoms with E-state index in [1.165, 1.54) is 19.1 Å². The van der Waals surface area contributed by atoms with Crippen molar-refractivity contribution in [3.05, 3.63) is 0 Å². The number of carboxylic acids is 1. The fraction of sp³-hybridized carbons (Fsp3) is 0.727. The van der Waals surface area contributed by atoms with Crippen LogP contribution in [-0.2, 0) is 19.1 Å². The number of carboxylic acid groups (broad SMARTS) is 1. The maximum atomic E-state index is 12.0. The lowest BCUT2D eigenvalue weighted by Crippen LogP contribution is -2.51. The van der Waals surface area contributed by atoms with Gasteiger partial charge in [-0.3, -0.25) is 9.59 Å². The minimum Gasteiger partial charge on any atom is -0.480 e. The first kappa shape index (κ1) is 15.2. The summed E-state index contributed by atoms with van der Waals surface area (Å²) in [5.41, 5.74) is 0. The molecule has 0 saturated carbocycles. The Hall–Kier alpha value is -1.83. The molecule has 19 heavy (non-hydrogen) atoms. The summed E-state index contributed by atoms with van der Waals surface area (Å²) < 4.78 is 9.90. The number of nitrogens with zero attached hydrogens (tertiary/aromatic N) is 2. The Morgan fingerprint density at radius 1 is 1.47 bits per heavy atom. The monoisotopic (exact) mass is 274 g/mol. The van der Waals surface area contributed by atoms with E-state index in [1.807, 2.05) is 0 Å². The highest BCUT2D eigenvalue weighted by molar-refractivity contribution is 5.80. The highest BCUT2D eigenvalue weighted by atomic mass is 16.5. The third-order valence-corrected chi connectivity index (χ3v) is 2.73. The van der Waals surface area contributed by atoms with E-state index < -0.39 is 18.0 Å². The number of carbonyl (C=O) groups is 3. The Balaban J connectivity index is 2.51. The summed E-state index contributed by atoms with van der Waals surface area (Å²) in [6, 6.07) is -0.388. The molecule has 1 rings (SSSR count). The first-order valence-electron chi connectivity index (χ1n) is 5.84. The zero-order valence-electron chi connectivity index (χ0n) is 11.0. The number of rotatable bonds is 4. The van der Waals surface area contributed by atoms with Crippen molar-refractivity contribution >= 4 is 18.0 Å². The third-order valence-electron chi connectivity index (χ3n) is 2.73. The number of hydrogen-bond acceptors (Lipinski definition) is 5. The summed E-state index contributed by atoms with van der Waals surface area (Å²) in [6.07, 6.45) is -0.341. The molecule has 8 heteroatoms. The predicted molar refractivity (Wildman–Crippen MR) is 63.6 cm³/mol. The lowest BCUT2D eigenvalue weighted by molar-refractivity contribution is -0.145. The van der Waals surface area contributed by atoms with Gasteiger partial charge in [-0.2, -0.15) is 0 Å².